The number of rotatable bonds is 7. The SMILES string of the molecule is CCOC1CC(CC(Cc2sccc2Br)NC)C1. The van der Waals surface area contributed by atoms with Crippen molar-refractivity contribution in [2.45, 2.75) is 44.8 Å². The summed E-state index contributed by atoms with van der Waals surface area (Å²) in [5.74, 6) is 0.845. The van der Waals surface area contributed by atoms with Gasteiger partial charge >= 0.3 is 0 Å². The van der Waals surface area contributed by atoms with E-state index in [9.17, 15) is 0 Å². The van der Waals surface area contributed by atoms with Crippen molar-refractivity contribution < 1.29 is 4.74 Å². The molecule has 18 heavy (non-hydrogen) atoms. The summed E-state index contributed by atoms with van der Waals surface area (Å²) in [4.78, 5) is 1.45. The van der Waals surface area contributed by atoms with Gasteiger partial charge in [0.25, 0.3) is 0 Å². The molecule has 1 heterocycles. The van der Waals surface area contributed by atoms with Crippen LogP contribution in [0.1, 0.15) is 31.1 Å². The fourth-order valence-electron chi connectivity index (χ4n) is 2.64. The molecule has 1 N–H and O–H groups in total. The van der Waals surface area contributed by atoms with Crippen molar-refractivity contribution in [2.75, 3.05) is 13.7 Å². The molecular formula is C14H22BrNOS. The second-order valence-corrected chi connectivity index (χ2v) is 6.89. The van der Waals surface area contributed by atoms with Gasteiger partial charge < -0.3 is 10.1 Å². The first kappa shape index (κ1) is 14.5. The molecule has 0 aromatic carbocycles. The Morgan fingerprint density at radius 1 is 1.56 bits per heavy atom. The zero-order valence-electron chi connectivity index (χ0n) is 11.1. The van der Waals surface area contributed by atoms with E-state index >= 15 is 0 Å². The van der Waals surface area contributed by atoms with Crippen LogP contribution in [0.25, 0.3) is 0 Å². The van der Waals surface area contributed by atoms with Crippen LogP contribution < -0.4 is 5.32 Å². The Kier molecular flexibility index (Phi) is 5.67. The van der Waals surface area contributed by atoms with Crippen LogP contribution in [0, 0.1) is 5.92 Å². The minimum atomic E-state index is 0.533. The van der Waals surface area contributed by atoms with Gasteiger partial charge in [0.15, 0.2) is 0 Å². The Bertz CT molecular complexity index is 362. The molecule has 102 valence electrons. The molecule has 4 heteroatoms. The van der Waals surface area contributed by atoms with Crippen LogP contribution in [0.5, 0.6) is 0 Å². The zero-order valence-corrected chi connectivity index (χ0v) is 13.5. The van der Waals surface area contributed by atoms with E-state index in [4.69, 9.17) is 4.74 Å². The minimum absolute atomic E-state index is 0.533. The first-order valence-electron chi connectivity index (χ1n) is 6.73. The molecule has 1 atom stereocenters. The van der Waals surface area contributed by atoms with Crippen LogP contribution >= 0.6 is 27.3 Å². The van der Waals surface area contributed by atoms with Gasteiger partial charge in [-0.3, -0.25) is 0 Å². The number of halogens is 1. The van der Waals surface area contributed by atoms with E-state index < -0.39 is 0 Å². The largest absolute Gasteiger partial charge is 0.378 e. The number of likely N-dealkylation sites (N-methyl/N-ethyl adjacent to an activating group) is 1. The van der Waals surface area contributed by atoms with E-state index in [-0.39, 0.29) is 0 Å². The van der Waals surface area contributed by atoms with Crippen LogP contribution in [-0.2, 0) is 11.2 Å². The van der Waals surface area contributed by atoms with E-state index in [0.29, 0.717) is 12.1 Å². The highest BCUT2D eigenvalue weighted by Crippen LogP contribution is 2.34. The lowest BCUT2D eigenvalue weighted by atomic mass is 9.77. The molecule has 0 radical (unpaired) electrons. The molecule has 1 aromatic heterocycles. The van der Waals surface area contributed by atoms with E-state index in [2.05, 4.69) is 46.7 Å². The quantitative estimate of drug-likeness (QED) is 0.819. The van der Waals surface area contributed by atoms with E-state index in [0.717, 1.165) is 18.9 Å². The molecular weight excluding hydrogens is 310 g/mol. The van der Waals surface area contributed by atoms with Gasteiger partial charge in [-0.25, -0.2) is 0 Å². The maximum Gasteiger partial charge on any atom is 0.0580 e. The predicted octanol–water partition coefficient (Wildman–Crippen LogP) is 3.85. The van der Waals surface area contributed by atoms with Crippen LogP contribution in [-0.4, -0.2) is 25.8 Å². The lowest BCUT2D eigenvalue weighted by Crippen LogP contribution is -2.37. The third-order valence-corrected chi connectivity index (χ3v) is 5.69. The molecule has 2 rings (SSSR count). The van der Waals surface area contributed by atoms with Crippen LogP contribution in [0.3, 0.4) is 0 Å². The van der Waals surface area contributed by atoms with Gasteiger partial charge in [0.05, 0.1) is 6.10 Å². The molecule has 1 aliphatic carbocycles. The smallest absolute Gasteiger partial charge is 0.0580 e. The summed E-state index contributed by atoms with van der Waals surface area (Å²) in [6.45, 7) is 2.94. The summed E-state index contributed by atoms with van der Waals surface area (Å²) in [5, 5.41) is 5.61. The molecule has 1 saturated carbocycles. The number of hydrogen-bond donors (Lipinski definition) is 1. The molecule has 1 unspecified atom stereocenters. The van der Waals surface area contributed by atoms with Gasteiger partial charge in [0, 0.05) is 22.0 Å². The number of nitrogens with one attached hydrogen (secondary N) is 1. The van der Waals surface area contributed by atoms with Gasteiger partial charge in [-0.05, 0) is 72.9 Å². The molecule has 0 bridgehead atoms. The molecule has 1 aliphatic rings. The van der Waals surface area contributed by atoms with Gasteiger partial charge in [-0.2, -0.15) is 0 Å². The fraction of sp³-hybridized carbons (Fsp3) is 0.714. The highest BCUT2D eigenvalue weighted by Gasteiger charge is 2.31. The highest BCUT2D eigenvalue weighted by molar-refractivity contribution is 9.10. The Morgan fingerprint density at radius 3 is 2.89 bits per heavy atom. The van der Waals surface area contributed by atoms with Crippen molar-refractivity contribution in [2.24, 2.45) is 5.92 Å². The van der Waals surface area contributed by atoms with Gasteiger partial charge in [0.2, 0.25) is 0 Å². The second kappa shape index (κ2) is 7.04. The maximum absolute atomic E-state index is 5.62. The molecule has 0 aliphatic heterocycles. The summed E-state index contributed by atoms with van der Waals surface area (Å²) in [6, 6.07) is 2.73. The van der Waals surface area contributed by atoms with Crippen molar-refractivity contribution in [3.8, 4) is 0 Å². The Morgan fingerprint density at radius 2 is 2.33 bits per heavy atom. The van der Waals surface area contributed by atoms with E-state index in [1.165, 1.54) is 28.6 Å². The maximum atomic E-state index is 5.62. The molecule has 0 saturated heterocycles. The molecule has 2 nitrogen and oxygen atoms in total. The monoisotopic (exact) mass is 331 g/mol. The average Bonchev–Trinajstić information content (AvgIpc) is 2.71. The van der Waals surface area contributed by atoms with Crippen LogP contribution in [0.4, 0.5) is 0 Å². The predicted molar refractivity (Wildman–Crippen MR) is 81.3 cm³/mol. The molecule has 0 amide bonds. The first-order chi connectivity index (χ1) is 8.72. The van der Waals surface area contributed by atoms with Crippen molar-refractivity contribution in [1.82, 2.24) is 5.32 Å². The van der Waals surface area contributed by atoms with Crippen molar-refractivity contribution in [3.05, 3.63) is 20.8 Å². The van der Waals surface area contributed by atoms with Crippen molar-refractivity contribution in [3.63, 3.8) is 0 Å². The normalized spacial score (nSPS) is 24.8. The Labute approximate surface area is 122 Å². The summed E-state index contributed by atoms with van der Waals surface area (Å²) in [7, 11) is 2.07. The summed E-state index contributed by atoms with van der Waals surface area (Å²) in [5.41, 5.74) is 0. The van der Waals surface area contributed by atoms with E-state index in [1.807, 2.05) is 11.3 Å². The molecule has 1 fully saturated rings. The number of thiophene rings is 1. The number of ether oxygens (including phenoxy) is 1. The third-order valence-electron chi connectivity index (χ3n) is 3.74. The minimum Gasteiger partial charge on any atom is -0.378 e. The lowest BCUT2D eigenvalue weighted by Gasteiger charge is -2.37. The topological polar surface area (TPSA) is 21.3 Å². The van der Waals surface area contributed by atoms with E-state index in [1.54, 1.807) is 0 Å². The molecule has 0 spiro atoms. The van der Waals surface area contributed by atoms with Gasteiger partial charge in [-0.15, -0.1) is 11.3 Å². The fourth-order valence-corrected chi connectivity index (χ4v) is 4.23. The summed E-state index contributed by atoms with van der Waals surface area (Å²) in [6.07, 6.45) is 5.43. The van der Waals surface area contributed by atoms with Crippen molar-refractivity contribution in [1.29, 1.82) is 0 Å². The van der Waals surface area contributed by atoms with Crippen LogP contribution in [0.15, 0.2) is 15.9 Å². The third kappa shape index (κ3) is 3.80. The Balaban J connectivity index is 1.75. The van der Waals surface area contributed by atoms with Crippen molar-refractivity contribution >= 4 is 27.3 Å². The molecule has 1 aromatic rings. The summed E-state index contributed by atoms with van der Waals surface area (Å²) < 4.78 is 6.88. The van der Waals surface area contributed by atoms with Gasteiger partial charge in [-0.1, -0.05) is 0 Å². The van der Waals surface area contributed by atoms with Crippen LogP contribution in [0.2, 0.25) is 0 Å². The highest BCUT2D eigenvalue weighted by atomic mass is 79.9. The number of hydrogen-bond acceptors (Lipinski definition) is 3. The average molecular weight is 332 g/mol. The summed E-state index contributed by atoms with van der Waals surface area (Å²) >= 11 is 5.46. The Hall–Kier alpha value is 0.1000. The standard InChI is InChI=1S/C14H22BrNOS/c1-3-17-12-7-10(8-12)6-11(16-2)9-14-13(15)4-5-18-14/h4-5,10-12,16H,3,6-9H2,1-2H3. The van der Waals surface area contributed by atoms with Gasteiger partial charge in [0.1, 0.15) is 0 Å². The lowest BCUT2D eigenvalue weighted by molar-refractivity contribution is -0.0288. The second-order valence-electron chi connectivity index (χ2n) is 5.03. The zero-order chi connectivity index (χ0) is 13.0. The first-order valence-corrected chi connectivity index (χ1v) is 8.40.